The van der Waals surface area contributed by atoms with Crippen molar-refractivity contribution in [2.75, 3.05) is 13.2 Å². The van der Waals surface area contributed by atoms with Gasteiger partial charge in [-0.05, 0) is 12.5 Å². The Morgan fingerprint density at radius 1 is 1.47 bits per heavy atom. The highest BCUT2D eigenvalue weighted by atomic mass is 19.3. The molecular formula is C12H15F2NO2. The number of benzene rings is 1. The van der Waals surface area contributed by atoms with Crippen LogP contribution in [0.3, 0.4) is 0 Å². The van der Waals surface area contributed by atoms with Crippen molar-refractivity contribution >= 4 is 5.91 Å². The minimum atomic E-state index is -3.26. The largest absolute Gasteiger partial charge is 0.390 e. The van der Waals surface area contributed by atoms with Gasteiger partial charge in [-0.1, -0.05) is 29.8 Å². The highest BCUT2D eigenvalue weighted by molar-refractivity contribution is 5.78. The van der Waals surface area contributed by atoms with Crippen molar-refractivity contribution in [1.29, 1.82) is 0 Å². The molecule has 0 saturated carbocycles. The van der Waals surface area contributed by atoms with Gasteiger partial charge in [0.05, 0.1) is 13.0 Å². The number of amides is 1. The SMILES string of the molecule is Cc1cccc(CC(=O)NCC(F)(F)CO)c1. The summed E-state index contributed by atoms with van der Waals surface area (Å²) < 4.78 is 25.3. The van der Waals surface area contributed by atoms with Crippen LogP contribution < -0.4 is 5.32 Å². The van der Waals surface area contributed by atoms with Crippen LogP contribution in [0.2, 0.25) is 0 Å². The van der Waals surface area contributed by atoms with Gasteiger partial charge in [-0.2, -0.15) is 0 Å². The zero-order valence-electron chi connectivity index (χ0n) is 9.54. The number of halogens is 2. The maximum Gasteiger partial charge on any atom is 0.287 e. The van der Waals surface area contributed by atoms with Crippen LogP contribution in [0.25, 0.3) is 0 Å². The number of hydrogen-bond acceptors (Lipinski definition) is 2. The lowest BCUT2D eigenvalue weighted by atomic mass is 10.1. The lowest BCUT2D eigenvalue weighted by molar-refractivity contribution is -0.123. The third kappa shape index (κ3) is 4.91. The maximum atomic E-state index is 12.7. The topological polar surface area (TPSA) is 49.3 Å². The molecule has 0 saturated heterocycles. The molecular weight excluding hydrogens is 228 g/mol. The molecule has 0 unspecified atom stereocenters. The first-order valence-electron chi connectivity index (χ1n) is 5.24. The molecule has 0 heterocycles. The van der Waals surface area contributed by atoms with E-state index in [0.29, 0.717) is 0 Å². The van der Waals surface area contributed by atoms with Gasteiger partial charge in [0.2, 0.25) is 5.91 Å². The Kier molecular flexibility index (Phi) is 4.57. The number of aliphatic hydroxyl groups excluding tert-OH is 1. The van der Waals surface area contributed by atoms with E-state index in [0.717, 1.165) is 11.1 Å². The summed E-state index contributed by atoms with van der Waals surface area (Å²) in [5.74, 6) is -3.74. The van der Waals surface area contributed by atoms with Gasteiger partial charge in [0, 0.05) is 0 Å². The quantitative estimate of drug-likeness (QED) is 0.818. The maximum absolute atomic E-state index is 12.7. The van der Waals surface area contributed by atoms with Crippen molar-refractivity contribution in [3.63, 3.8) is 0 Å². The first-order chi connectivity index (χ1) is 7.93. The summed E-state index contributed by atoms with van der Waals surface area (Å²) in [4.78, 5) is 11.4. The summed E-state index contributed by atoms with van der Waals surface area (Å²) in [6.45, 7) is -0.215. The van der Waals surface area contributed by atoms with E-state index in [9.17, 15) is 13.6 Å². The van der Waals surface area contributed by atoms with Crippen molar-refractivity contribution in [3.8, 4) is 0 Å². The summed E-state index contributed by atoms with van der Waals surface area (Å²) >= 11 is 0. The lowest BCUT2D eigenvalue weighted by Gasteiger charge is -2.13. The van der Waals surface area contributed by atoms with E-state index in [1.54, 1.807) is 12.1 Å². The van der Waals surface area contributed by atoms with Crippen molar-refractivity contribution in [2.24, 2.45) is 0 Å². The van der Waals surface area contributed by atoms with E-state index in [2.05, 4.69) is 5.32 Å². The molecule has 1 amide bonds. The van der Waals surface area contributed by atoms with Gasteiger partial charge >= 0.3 is 0 Å². The van der Waals surface area contributed by atoms with Crippen LogP contribution in [-0.2, 0) is 11.2 Å². The molecule has 0 spiro atoms. The average molecular weight is 243 g/mol. The Labute approximate surface area is 98.5 Å². The molecule has 1 rings (SSSR count). The molecule has 1 aromatic rings. The number of alkyl halides is 2. The van der Waals surface area contributed by atoms with E-state index >= 15 is 0 Å². The molecule has 0 aliphatic rings. The molecule has 5 heteroatoms. The van der Waals surface area contributed by atoms with Crippen molar-refractivity contribution in [2.45, 2.75) is 19.3 Å². The van der Waals surface area contributed by atoms with Gasteiger partial charge in [-0.15, -0.1) is 0 Å². The van der Waals surface area contributed by atoms with Gasteiger partial charge in [-0.25, -0.2) is 8.78 Å². The smallest absolute Gasteiger partial charge is 0.287 e. The fourth-order valence-corrected chi connectivity index (χ4v) is 1.35. The second-order valence-electron chi connectivity index (χ2n) is 3.96. The molecule has 17 heavy (non-hydrogen) atoms. The van der Waals surface area contributed by atoms with E-state index in [4.69, 9.17) is 5.11 Å². The summed E-state index contributed by atoms with van der Waals surface area (Å²) in [5.41, 5.74) is 1.78. The second kappa shape index (κ2) is 5.72. The van der Waals surface area contributed by atoms with Gasteiger partial charge in [0.25, 0.3) is 5.92 Å². The van der Waals surface area contributed by atoms with E-state index in [1.807, 2.05) is 19.1 Å². The lowest BCUT2D eigenvalue weighted by Crippen LogP contribution is -2.39. The first kappa shape index (κ1) is 13.6. The number of aryl methyl sites for hydroxylation is 1. The third-order valence-corrected chi connectivity index (χ3v) is 2.22. The average Bonchev–Trinajstić information content (AvgIpc) is 2.27. The second-order valence-corrected chi connectivity index (χ2v) is 3.96. The molecule has 0 bridgehead atoms. The predicted molar refractivity (Wildman–Crippen MR) is 59.9 cm³/mol. The van der Waals surface area contributed by atoms with Gasteiger partial charge in [-0.3, -0.25) is 4.79 Å². The van der Waals surface area contributed by atoms with Crippen LogP contribution >= 0.6 is 0 Å². The Bertz CT molecular complexity index is 394. The molecule has 0 fully saturated rings. The summed E-state index contributed by atoms with van der Waals surface area (Å²) in [6.07, 6.45) is 0.0587. The highest BCUT2D eigenvalue weighted by Crippen LogP contribution is 2.10. The molecule has 94 valence electrons. The first-order valence-corrected chi connectivity index (χ1v) is 5.24. The number of hydrogen-bond donors (Lipinski definition) is 2. The standard InChI is InChI=1S/C12H15F2NO2/c1-9-3-2-4-10(5-9)6-11(17)15-7-12(13,14)8-16/h2-5,16H,6-8H2,1H3,(H,15,17). The molecule has 0 atom stereocenters. The van der Waals surface area contributed by atoms with E-state index in [1.165, 1.54) is 0 Å². The Morgan fingerprint density at radius 3 is 2.76 bits per heavy atom. The molecule has 2 N–H and O–H groups in total. The number of carbonyl (C=O) groups excluding carboxylic acids is 1. The minimum Gasteiger partial charge on any atom is -0.390 e. The van der Waals surface area contributed by atoms with Crippen molar-refractivity contribution < 1.29 is 18.7 Å². The minimum absolute atomic E-state index is 0.0587. The van der Waals surface area contributed by atoms with E-state index < -0.39 is 25.0 Å². The molecule has 1 aromatic carbocycles. The van der Waals surface area contributed by atoms with Crippen molar-refractivity contribution in [1.82, 2.24) is 5.32 Å². The molecule has 0 aliphatic heterocycles. The Balaban J connectivity index is 2.45. The van der Waals surface area contributed by atoms with Crippen LogP contribution in [-0.4, -0.2) is 30.1 Å². The van der Waals surface area contributed by atoms with Crippen LogP contribution in [0, 0.1) is 6.92 Å². The Hall–Kier alpha value is -1.49. The Morgan fingerprint density at radius 2 is 2.18 bits per heavy atom. The van der Waals surface area contributed by atoms with Gasteiger partial charge < -0.3 is 10.4 Å². The highest BCUT2D eigenvalue weighted by Gasteiger charge is 2.27. The monoisotopic (exact) mass is 243 g/mol. The fourth-order valence-electron chi connectivity index (χ4n) is 1.35. The fraction of sp³-hybridized carbons (Fsp3) is 0.417. The van der Waals surface area contributed by atoms with Crippen LogP contribution in [0.1, 0.15) is 11.1 Å². The van der Waals surface area contributed by atoms with Gasteiger partial charge in [0.1, 0.15) is 6.61 Å². The molecule has 0 aromatic heterocycles. The summed E-state index contributed by atoms with van der Waals surface area (Å²) in [7, 11) is 0. The third-order valence-electron chi connectivity index (χ3n) is 2.22. The summed E-state index contributed by atoms with van der Waals surface area (Å²) in [6, 6.07) is 7.28. The van der Waals surface area contributed by atoms with Crippen LogP contribution in [0.15, 0.2) is 24.3 Å². The number of aliphatic hydroxyl groups is 1. The molecule has 3 nitrogen and oxygen atoms in total. The van der Waals surface area contributed by atoms with Crippen LogP contribution in [0.4, 0.5) is 8.78 Å². The normalized spacial score (nSPS) is 11.3. The zero-order valence-corrected chi connectivity index (χ0v) is 9.54. The van der Waals surface area contributed by atoms with E-state index in [-0.39, 0.29) is 6.42 Å². The predicted octanol–water partition coefficient (Wildman–Crippen LogP) is 1.28. The molecule has 0 radical (unpaired) electrons. The van der Waals surface area contributed by atoms with Crippen LogP contribution in [0.5, 0.6) is 0 Å². The van der Waals surface area contributed by atoms with Crippen molar-refractivity contribution in [3.05, 3.63) is 35.4 Å². The van der Waals surface area contributed by atoms with Gasteiger partial charge in [0.15, 0.2) is 0 Å². The molecule has 0 aliphatic carbocycles. The number of rotatable bonds is 5. The zero-order chi connectivity index (χ0) is 12.9. The summed E-state index contributed by atoms with van der Waals surface area (Å²) in [5, 5.41) is 10.4. The number of carbonyl (C=O) groups is 1. The number of nitrogens with one attached hydrogen (secondary N) is 1.